The Morgan fingerprint density at radius 1 is 1.20 bits per heavy atom. The predicted molar refractivity (Wildman–Crippen MR) is 77.2 cm³/mol. The van der Waals surface area contributed by atoms with E-state index in [0.717, 1.165) is 25.2 Å². The Labute approximate surface area is 120 Å². The van der Waals surface area contributed by atoms with Gasteiger partial charge in [-0.1, -0.05) is 39.5 Å². The molecule has 0 amide bonds. The molecule has 0 aliphatic rings. The molecule has 0 aliphatic heterocycles. The molecule has 20 heavy (non-hydrogen) atoms. The zero-order chi connectivity index (χ0) is 15.0. The molecule has 0 saturated heterocycles. The topological polar surface area (TPSA) is 76.4 Å². The van der Waals surface area contributed by atoms with E-state index in [1.165, 1.54) is 25.0 Å². The van der Waals surface area contributed by atoms with E-state index in [-0.39, 0.29) is 10.9 Å². The Balaban J connectivity index is 2.25. The summed E-state index contributed by atoms with van der Waals surface area (Å²) in [5.41, 5.74) is 0. The van der Waals surface area contributed by atoms with Gasteiger partial charge in [0.2, 0.25) is 5.09 Å². The summed E-state index contributed by atoms with van der Waals surface area (Å²) >= 11 is 0. The Bertz CT molecular complexity index is 505. The van der Waals surface area contributed by atoms with Crippen LogP contribution in [0.3, 0.4) is 0 Å². The Kier molecular flexibility index (Phi) is 6.95. The molecule has 1 aromatic heterocycles. The van der Waals surface area contributed by atoms with E-state index >= 15 is 0 Å². The molecule has 0 aliphatic carbocycles. The second-order valence-electron chi connectivity index (χ2n) is 5.27. The van der Waals surface area contributed by atoms with Gasteiger partial charge < -0.3 is 4.42 Å². The molecule has 0 atom stereocenters. The van der Waals surface area contributed by atoms with Crippen LogP contribution in [0.1, 0.15) is 56.5 Å². The van der Waals surface area contributed by atoms with Gasteiger partial charge in [-0.05, 0) is 24.5 Å². The van der Waals surface area contributed by atoms with Gasteiger partial charge in [-0.3, -0.25) is 4.79 Å². The van der Waals surface area contributed by atoms with Crippen LogP contribution in [-0.2, 0) is 10.0 Å². The monoisotopic (exact) mass is 301 g/mol. The van der Waals surface area contributed by atoms with Crippen molar-refractivity contribution in [1.29, 1.82) is 0 Å². The lowest BCUT2D eigenvalue weighted by Gasteiger charge is -2.05. The molecule has 0 aromatic carbocycles. The maximum atomic E-state index is 11.8. The molecule has 1 N–H and O–H groups in total. The van der Waals surface area contributed by atoms with Gasteiger partial charge in [0.05, 0.1) is 0 Å². The Morgan fingerprint density at radius 2 is 1.90 bits per heavy atom. The minimum Gasteiger partial charge on any atom is -0.440 e. The van der Waals surface area contributed by atoms with Gasteiger partial charge in [0.1, 0.15) is 0 Å². The first-order valence-electron chi connectivity index (χ1n) is 7.00. The van der Waals surface area contributed by atoms with Gasteiger partial charge >= 0.3 is 0 Å². The molecule has 1 rings (SSSR count). The predicted octanol–water partition coefficient (Wildman–Crippen LogP) is 2.98. The number of hydrogen-bond acceptors (Lipinski definition) is 4. The SMILES string of the molecule is CC(C)CCCCCCNS(=O)(=O)c1ccc(C=O)o1. The number of carbonyl (C=O) groups is 1. The molecule has 0 spiro atoms. The summed E-state index contributed by atoms with van der Waals surface area (Å²) in [5, 5.41) is -0.209. The standard InChI is InChI=1S/C14H23NO4S/c1-12(2)7-5-3-4-6-10-15-20(17,18)14-9-8-13(11-16)19-14/h8-9,11-12,15H,3-7,10H2,1-2H3. The van der Waals surface area contributed by atoms with Gasteiger partial charge in [-0.2, -0.15) is 0 Å². The average Bonchev–Trinajstić information content (AvgIpc) is 2.86. The number of nitrogens with one attached hydrogen (secondary N) is 1. The summed E-state index contributed by atoms with van der Waals surface area (Å²) < 4.78 is 31.0. The summed E-state index contributed by atoms with van der Waals surface area (Å²) in [6.07, 6.45) is 5.81. The molecule has 5 nitrogen and oxygen atoms in total. The van der Waals surface area contributed by atoms with Crippen molar-refractivity contribution in [3.63, 3.8) is 0 Å². The molecular formula is C14H23NO4S. The largest absolute Gasteiger partial charge is 0.440 e. The van der Waals surface area contributed by atoms with Crippen molar-refractivity contribution in [2.45, 2.75) is 51.0 Å². The summed E-state index contributed by atoms with van der Waals surface area (Å²) in [6, 6.07) is 2.63. The van der Waals surface area contributed by atoms with Crippen LogP contribution in [0.4, 0.5) is 0 Å². The van der Waals surface area contributed by atoms with Gasteiger partial charge in [0, 0.05) is 6.54 Å². The number of sulfonamides is 1. The van der Waals surface area contributed by atoms with Crippen LogP contribution in [-0.4, -0.2) is 21.2 Å². The lowest BCUT2D eigenvalue weighted by molar-refractivity contribution is 0.109. The van der Waals surface area contributed by atoms with Gasteiger partial charge in [0.25, 0.3) is 10.0 Å². The first kappa shape index (κ1) is 16.9. The highest BCUT2D eigenvalue weighted by Crippen LogP contribution is 2.13. The molecule has 1 aromatic rings. The quantitative estimate of drug-likeness (QED) is 0.532. The number of rotatable bonds is 10. The highest BCUT2D eigenvalue weighted by molar-refractivity contribution is 7.89. The second kappa shape index (κ2) is 8.21. The van der Waals surface area contributed by atoms with E-state index in [9.17, 15) is 13.2 Å². The van der Waals surface area contributed by atoms with E-state index < -0.39 is 10.0 Å². The number of furan rings is 1. The van der Waals surface area contributed by atoms with Crippen molar-refractivity contribution in [1.82, 2.24) is 4.72 Å². The van der Waals surface area contributed by atoms with E-state index in [1.54, 1.807) is 0 Å². The Hall–Kier alpha value is -1.14. The van der Waals surface area contributed by atoms with E-state index in [1.807, 2.05) is 0 Å². The van der Waals surface area contributed by atoms with Crippen LogP contribution < -0.4 is 4.72 Å². The number of hydrogen-bond donors (Lipinski definition) is 1. The lowest BCUT2D eigenvalue weighted by atomic mass is 10.0. The van der Waals surface area contributed by atoms with Crippen LogP contribution in [0.15, 0.2) is 21.6 Å². The highest BCUT2D eigenvalue weighted by atomic mass is 32.2. The summed E-state index contributed by atoms with van der Waals surface area (Å²) in [7, 11) is -3.63. The van der Waals surface area contributed by atoms with Gasteiger partial charge in [-0.25, -0.2) is 13.1 Å². The maximum Gasteiger partial charge on any atom is 0.273 e. The average molecular weight is 301 g/mol. The third-order valence-electron chi connectivity index (χ3n) is 2.98. The molecule has 1 heterocycles. The first-order valence-corrected chi connectivity index (χ1v) is 8.48. The van der Waals surface area contributed by atoms with E-state index in [2.05, 4.69) is 18.6 Å². The fraction of sp³-hybridized carbons (Fsp3) is 0.643. The number of carbonyl (C=O) groups excluding carboxylic acids is 1. The van der Waals surface area contributed by atoms with Crippen LogP contribution >= 0.6 is 0 Å². The minimum atomic E-state index is -3.63. The summed E-state index contributed by atoms with van der Waals surface area (Å²) in [5.74, 6) is 0.735. The van der Waals surface area contributed by atoms with Crippen molar-refractivity contribution in [2.24, 2.45) is 5.92 Å². The summed E-state index contributed by atoms with van der Waals surface area (Å²) in [6.45, 7) is 4.79. The van der Waals surface area contributed by atoms with E-state index in [4.69, 9.17) is 4.42 Å². The van der Waals surface area contributed by atoms with Crippen molar-refractivity contribution in [3.8, 4) is 0 Å². The molecule has 0 saturated carbocycles. The highest BCUT2D eigenvalue weighted by Gasteiger charge is 2.17. The number of aldehydes is 1. The zero-order valence-corrected chi connectivity index (χ0v) is 12.9. The van der Waals surface area contributed by atoms with Crippen LogP contribution in [0.5, 0.6) is 0 Å². The fourth-order valence-corrected chi connectivity index (χ4v) is 2.86. The smallest absolute Gasteiger partial charge is 0.273 e. The normalized spacial score (nSPS) is 11.9. The molecule has 0 unspecified atom stereocenters. The summed E-state index contributed by atoms with van der Waals surface area (Å²) in [4.78, 5) is 10.4. The molecule has 114 valence electrons. The lowest BCUT2D eigenvalue weighted by Crippen LogP contribution is -2.24. The third-order valence-corrected chi connectivity index (χ3v) is 4.32. The third kappa shape index (κ3) is 5.88. The molecular weight excluding hydrogens is 278 g/mol. The maximum absolute atomic E-state index is 11.8. The van der Waals surface area contributed by atoms with Crippen molar-refractivity contribution in [3.05, 3.63) is 17.9 Å². The Morgan fingerprint density at radius 3 is 2.50 bits per heavy atom. The van der Waals surface area contributed by atoms with Crippen molar-refractivity contribution < 1.29 is 17.6 Å². The zero-order valence-electron chi connectivity index (χ0n) is 12.1. The number of unbranched alkanes of at least 4 members (excludes halogenated alkanes) is 3. The molecule has 0 fully saturated rings. The van der Waals surface area contributed by atoms with Crippen molar-refractivity contribution in [2.75, 3.05) is 6.54 Å². The first-order chi connectivity index (χ1) is 9.45. The van der Waals surface area contributed by atoms with Crippen LogP contribution in [0, 0.1) is 5.92 Å². The van der Waals surface area contributed by atoms with Crippen LogP contribution in [0.2, 0.25) is 0 Å². The molecule has 6 heteroatoms. The van der Waals surface area contributed by atoms with Gasteiger partial charge in [0.15, 0.2) is 12.0 Å². The van der Waals surface area contributed by atoms with Crippen molar-refractivity contribution >= 4 is 16.3 Å². The fourth-order valence-electron chi connectivity index (χ4n) is 1.85. The van der Waals surface area contributed by atoms with Crippen LogP contribution in [0.25, 0.3) is 0 Å². The van der Waals surface area contributed by atoms with E-state index in [0.29, 0.717) is 12.8 Å². The molecule has 0 radical (unpaired) electrons. The minimum absolute atomic E-state index is 0.0130. The second-order valence-corrected chi connectivity index (χ2v) is 6.97. The molecule has 0 bridgehead atoms. The van der Waals surface area contributed by atoms with Gasteiger partial charge in [-0.15, -0.1) is 0 Å².